The van der Waals surface area contributed by atoms with Crippen LogP contribution in [-0.2, 0) is 45.7 Å². The van der Waals surface area contributed by atoms with Crippen molar-refractivity contribution in [3.05, 3.63) is 40.4 Å². The van der Waals surface area contributed by atoms with Crippen molar-refractivity contribution in [3.63, 3.8) is 0 Å². The molecule has 3 rings (SSSR count). The summed E-state index contributed by atoms with van der Waals surface area (Å²) in [4.78, 5) is 13.9. The molecule has 1 aromatic heterocycles. The van der Waals surface area contributed by atoms with Crippen LogP contribution in [0.1, 0.15) is 21.5 Å². The zero-order chi connectivity index (χ0) is 14.1. The Bertz CT molecular complexity index is 637. The molecule has 1 amide bonds. The van der Waals surface area contributed by atoms with E-state index in [9.17, 15) is 4.79 Å². The number of carbonyl (C=O) groups excluding carboxylic acids is 1. The first kappa shape index (κ1) is 17.1. The van der Waals surface area contributed by atoms with Gasteiger partial charge in [-0.1, -0.05) is 21.0 Å². The van der Waals surface area contributed by atoms with Crippen LogP contribution in [-0.4, -0.2) is 34.4 Å². The molecule has 0 saturated heterocycles. The van der Waals surface area contributed by atoms with Gasteiger partial charge < -0.3 is 4.90 Å². The number of hydrogen-bond acceptors (Lipinski definition) is 5. The second-order valence-corrected chi connectivity index (χ2v) is 6.23. The number of fused-ring (bicyclic) bond motifs is 1. The second-order valence-electron chi connectivity index (χ2n) is 4.74. The van der Waals surface area contributed by atoms with Crippen LogP contribution in [0.25, 0.3) is 0 Å². The molecule has 1 aromatic carbocycles. The molecule has 8 heteroatoms. The zero-order valence-electron chi connectivity index (χ0n) is 11.6. The summed E-state index contributed by atoms with van der Waals surface area (Å²) in [5, 5.41) is 8.07. The standard InChI is InChI=1S/C13H14N4OPS.Y/c1-16(13-15-14-8-20-13)12(18)10-2-3-11-7-17(19)5-4-9(11)6-10;/h2-3,6H,4-5,7,19H2,1H3;/q-1;. The van der Waals surface area contributed by atoms with E-state index in [1.165, 1.54) is 27.4 Å². The number of hydrogen-bond donors (Lipinski definition) is 0. The molecule has 0 fully saturated rings. The fourth-order valence-corrected chi connectivity index (χ4v) is 3.06. The minimum atomic E-state index is -0.0637. The molecular formula is C13H14N4OPSY-. The third kappa shape index (κ3) is 3.74. The summed E-state index contributed by atoms with van der Waals surface area (Å²) < 4.78 is 2.20. The summed E-state index contributed by atoms with van der Waals surface area (Å²) in [6.45, 7) is 1.91. The van der Waals surface area contributed by atoms with Crippen LogP contribution in [0.15, 0.2) is 18.2 Å². The first-order chi connectivity index (χ1) is 9.65. The monoisotopic (exact) mass is 394 g/mol. The number of amides is 1. The molecule has 1 atom stereocenters. The van der Waals surface area contributed by atoms with E-state index in [1.807, 2.05) is 18.2 Å². The van der Waals surface area contributed by atoms with Crippen LogP contribution in [0, 0.1) is 5.51 Å². The fraction of sp³-hybridized carbons (Fsp3) is 0.308. The van der Waals surface area contributed by atoms with Gasteiger partial charge in [0.1, 0.15) is 0 Å². The van der Waals surface area contributed by atoms with Crippen molar-refractivity contribution in [2.45, 2.75) is 13.0 Å². The Kier molecular flexibility index (Phi) is 5.98. The molecule has 107 valence electrons. The van der Waals surface area contributed by atoms with E-state index >= 15 is 0 Å². The summed E-state index contributed by atoms with van der Waals surface area (Å²) in [6.07, 6.45) is 0.969. The molecular weight excluding hydrogens is 380 g/mol. The van der Waals surface area contributed by atoms with Gasteiger partial charge >= 0.3 is 0 Å². The SMILES string of the molecule is CN(C(=O)c1ccc2c(c1)CCN(P)C2)c1nn[c-]s1.[Y]. The van der Waals surface area contributed by atoms with Crippen LogP contribution >= 0.6 is 20.7 Å². The third-order valence-corrected chi connectivity index (χ3v) is 4.55. The minimum Gasteiger partial charge on any atom is -0.364 e. The maximum atomic E-state index is 12.4. The maximum absolute atomic E-state index is 12.4. The van der Waals surface area contributed by atoms with Crippen LogP contribution in [0.2, 0.25) is 0 Å². The Morgan fingerprint density at radius 1 is 1.48 bits per heavy atom. The van der Waals surface area contributed by atoms with Crippen molar-refractivity contribution in [2.75, 3.05) is 18.5 Å². The largest absolute Gasteiger partial charge is 0.364 e. The van der Waals surface area contributed by atoms with Gasteiger partial charge in [0.15, 0.2) is 0 Å². The van der Waals surface area contributed by atoms with E-state index in [0.29, 0.717) is 10.7 Å². The molecule has 0 aliphatic carbocycles. The van der Waals surface area contributed by atoms with Gasteiger partial charge in [-0.3, -0.25) is 25.9 Å². The first-order valence-corrected chi connectivity index (χ1v) is 7.57. The normalized spacial score (nSPS) is 14.2. The molecule has 1 radical (unpaired) electrons. The number of aromatic nitrogens is 2. The second kappa shape index (κ2) is 7.34. The van der Waals surface area contributed by atoms with Crippen LogP contribution in [0.4, 0.5) is 5.13 Å². The Morgan fingerprint density at radius 3 is 3.00 bits per heavy atom. The van der Waals surface area contributed by atoms with E-state index < -0.39 is 0 Å². The summed E-state index contributed by atoms with van der Waals surface area (Å²) in [7, 11) is 4.44. The van der Waals surface area contributed by atoms with Gasteiger partial charge in [-0.2, -0.15) is 0 Å². The quantitative estimate of drug-likeness (QED) is 0.576. The number of rotatable bonds is 2. The van der Waals surface area contributed by atoms with Gasteiger partial charge in [0.25, 0.3) is 0 Å². The average Bonchev–Trinajstić information content (AvgIpc) is 2.99. The molecule has 2 aromatic rings. The molecule has 21 heavy (non-hydrogen) atoms. The van der Waals surface area contributed by atoms with Gasteiger partial charge in [0, 0.05) is 51.4 Å². The molecule has 2 heterocycles. The van der Waals surface area contributed by atoms with Crippen molar-refractivity contribution < 1.29 is 37.5 Å². The van der Waals surface area contributed by atoms with Gasteiger partial charge in [-0.05, 0) is 36.7 Å². The molecule has 5 nitrogen and oxygen atoms in total. The van der Waals surface area contributed by atoms with Crippen LogP contribution < -0.4 is 4.90 Å². The number of anilines is 1. The molecule has 1 unspecified atom stereocenters. The van der Waals surface area contributed by atoms with Gasteiger partial charge in [-0.25, -0.2) is 5.10 Å². The zero-order valence-corrected chi connectivity index (χ0v) is 16.4. The number of carbonyl (C=O) groups is 1. The average molecular weight is 394 g/mol. The van der Waals surface area contributed by atoms with E-state index in [4.69, 9.17) is 0 Å². The molecule has 1 aliphatic heterocycles. The molecule has 0 bridgehead atoms. The molecule has 0 saturated carbocycles. The van der Waals surface area contributed by atoms with Crippen molar-refractivity contribution in [2.24, 2.45) is 0 Å². The van der Waals surface area contributed by atoms with Gasteiger partial charge in [0.2, 0.25) is 5.91 Å². The van der Waals surface area contributed by atoms with Gasteiger partial charge in [0.05, 0.1) is 5.13 Å². The topological polar surface area (TPSA) is 49.3 Å². The summed E-state index contributed by atoms with van der Waals surface area (Å²) in [5.41, 5.74) is 5.89. The first-order valence-electron chi connectivity index (χ1n) is 6.24. The van der Waals surface area contributed by atoms with E-state index in [1.54, 1.807) is 7.05 Å². The fourth-order valence-electron chi connectivity index (χ4n) is 2.27. The number of benzene rings is 1. The Hall–Kier alpha value is -0.256. The Morgan fingerprint density at radius 2 is 2.29 bits per heavy atom. The van der Waals surface area contributed by atoms with Crippen molar-refractivity contribution >= 4 is 31.8 Å². The van der Waals surface area contributed by atoms with Crippen LogP contribution in [0.5, 0.6) is 0 Å². The van der Waals surface area contributed by atoms with Crippen LogP contribution in [0.3, 0.4) is 0 Å². The van der Waals surface area contributed by atoms with Crippen molar-refractivity contribution in [1.82, 2.24) is 14.9 Å². The maximum Gasteiger partial charge on any atom is 0.243 e. The van der Waals surface area contributed by atoms with Crippen molar-refractivity contribution in [1.29, 1.82) is 0 Å². The van der Waals surface area contributed by atoms with E-state index in [-0.39, 0.29) is 38.6 Å². The van der Waals surface area contributed by atoms with E-state index in [2.05, 4.69) is 29.8 Å². The minimum absolute atomic E-state index is 0. The molecule has 0 spiro atoms. The predicted octanol–water partition coefficient (Wildman–Crippen LogP) is 1.76. The summed E-state index contributed by atoms with van der Waals surface area (Å²) in [6, 6.07) is 5.92. The van der Waals surface area contributed by atoms with Crippen molar-refractivity contribution in [3.8, 4) is 0 Å². The predicted molar refractivity (Wildman–Crippen MR) is 81.7 cm³/mol. The smallest absolute Gasteiger partial charge is 0.243 e. The molecule has 1 aliphatic rings. The Balaban J connectivity index is 0.00000161. The van der Waals surface area contributed by atoms with Gasteiger partial charge in [-0.15, -0.1) is 0 Å². The number of nitrogens with zero attached hydrogens (tertiary/aromatic N) is 4. The Labute approximate surface area is 155 Å². The van der Waals surface area contributed by atoms with E-state index in [0.717, 1.165) is 19.5 Å². The molecule has 0 N–H and O–H groups in total. The summed E-state index contributed by atoms with van der Waals surface area (Å²) >= 11 is 1.23. The third-order valence-electron chi connectivity index (χ3n) is 3.40. The summed E-state index contributed by atoms with van der Waals surface area (Å²) in [5.74, 6) is -0.0637.